The number of nitrogens with one attached hydrogen (secondary N) is 1. The lowest BCUT2D eigenvalue weighted by Gasteiger charge is -2.31. The van der Waals surface area contributed by atoms with Gasteiger partial charge in [-0.2, -0.15) is 0 Å². The molecule has 8 nitrogen and oxygen atoms in total. The van der Waals surface area contributed by atoms with Gasteiger partial charge >= 0.3 is 12.1 Å². The number of aliphatic hydroxyl groups excluding tert-OH is 2. The number of hydrogen-bond acceptors (Lipinski definition) is 7. The molecule has 0 aromatic carbocycles. The molecule has 0 fully saturated rings. The highest BCUT2D eigenvalue weighted by molar-refractivity contribution is 5.82. The van der Waals surface area contributed by atoms with Crippen LogP contribution in [0.4, 0.5) is 4.79 Å². The summed E-state index contributed by atoms with van der Waals surface area (Å²) in [6.45, 7) is 5.06. The highest BCUT2D eigenvalue weighted by atomic mass is 16.6. The first-order valence-electron chi connectivity index (χ1n) is 9.91. The number of rotatable bonds is 12. The number of esters is 1. The van der Waals surface area contributed by atoms with Crippen molar-refractivity contribution in [3.05, 3.63) is 73.4 Å². The van der Waals surface area contributed by atoms with E-state index < -0.39 is 36.0 Å². The molecule has 4 N–H and O–H groups in total. The number of carbonyl (C=O) groups is 2. The average Bonchev–Trinajstić information content (AvgIpc) is 2.73. The molecule has 0 bridgehead atoms. The minimum absolute atomic E-state index is 0.0669. The van der Waals surface area contributed by atoms with Gasteiger partial charge in [-0.05, 0) is 13.0 Å². The third-order valence-corrected chi connectivity index (χ3v) is 4.19. The summed E-state index contributed by atoms with van der Waals surface area (Å²) in [6.07, 6.45) is 14.0. The third-order valence-electron chi connectivity index (χ3n) is 4.19. The van der Waals surface area contributed by atoms with E-state index in [-0.39, 0.29) is 19.6 Å². The van der Waals surface area contributed by atoms with Crippen LogP contribution in [-0.4, -0.2) is 64.4 Å². The van der Waals surface area contributed by atoms with Crippen LogP contribution in [0.1, 0.15) is 19.8 Å². The Morgan fingerprint density at radius 3 is 2.84 bits per heavy atom. The molecule has 4 atom stereocenters. The Labute approximate surface area is 182 Å². The molecule has 1 aliphatic heterocycles. The van der Waals surface area contributed by atoms with Crippen molar-refractivity contribution in [3.63, 3.8) is 0 Å². The van der Waals surface area contributed by atoms with Crippen molar-refractivity contribution >= 4 is 12.1 Å². The molecular weight excluding hydrogens is 402 g/mol. The largest absolute Gasteiger partial charge is 0.455 e. The van der Waals surface area contributed by atoms with E-state index in [4.69, 9.17) is 14.6 Å². The number of alkyl carbamates (subject to hydrolysis) is 1. The summed E-state index contributed by atoms with van der Waals surface area (Å²) in [7, 11) is 0. The van der Waals surface area contributed by atoms with Gasteiger partial charge < -0.3 is 30.1 Å². The predicted octanol–water partition coefficient (Wildman–Crippen LogP) is 1.86. The Balaban J connectivity index is 2.86. The Kier molecular flexibility index (Phi) is 11.9. The third kappa shape index (κ3) is 11.1. The molecule has 0 aromatic rings. The fourth-order valence-corrected chi connectivity index (χ4v) is 2.55. The van der Waals surface area contributed by atoms with E-state index >= 15 is 0 Å². The van der Waals surface area contributed by atoms with E-state index in [1.165, 1.54) is 37.3 Å². The molecule has 0 saturated carbocycles. The van der Waals surface area contributed by atoms with Crippen molar-refractivity contribution in [1.29, 1.82) is 0 Å². The first-order chi connectivity index (χ1) is 14.8. The lowest BCUT2D eigenvalue weighted by Crippen LogP contribution is -2.45. The molecule has 0 saturated heterocycles. The quantitative estimate of drug-likeness (QED) is 0.210. The number of cyclic esters (lactones) is 1. The van der Waals surface area contributed by atoms with Crippen molar-refractivity contribution in [2.75, 3.05) is 13.2 Å². The lowest BCUT2D eigenvalue weighted by molar-refractivity contribution is -0.141. The van der Waals surface area contributed by atoms with E-state index in [0.717, 1.165) is 0 Å². The van der Waals surface area contributed by atoms with E-state index in [2.05, 4.69) is 11.9 Å². The van der Waals surface area contributed by atoms with Crippen LogP contribution < -0.4 is 5.32 Å². The SMILES string of the molecule is C=CCNC(=O)O[C@H](C[C@@H](O)/C=C/C=C/C=C/CO)[C@](C)(O)/C=C/[C@H]1CC=CC(=O)O1. The summed E-state index contributed by atoms with van der Waals surface area (Å²) in [5.41, 5.74) is -1.65. The van der Waals surface area contributed by atoms with Crippen molar-refractivity contribution in [3.8, 4) is 0 Å². The minimum atomic E-state index is -1.65. The molecule has 1 heterocycles. The van der Waals surface area contributed by atoms with Crippen molar-refractivity contribution < 1.29 is 34.4 Å². The zero-order chi connectivity index (χ0) is 23.1. The van der Waals surface area contributed by atoms with E-state index in [1.54, 1.807) is 36.5 Å². The highest BCUT2D eigenvalue weighted by Crippen LogP contribution is 2.22. The average molecular weight is 434 g/mol. The topological polar surface area (TPSA) is 125 Å². The summed E-state index contributed by atoms with van der Waals surface area (Å²) < 4.78 is 10.5. The summed E-state index contributed by atoms with van der Waals surface area (Å²) in [6, 6.07) is 0. The number of allylic oxidation sites excluding steroid dienone is 4. The summed E-state index contributed by atoms with van der Waals surface area (Å²) in [4.78, 5) is 23.4. The predicted molar refractivity (Wildman–Crippen MR) is 117 cm³/mol. The van der Waals surface area contributed by atoms with Crippen molar-refractivity contribution in [2.45, 2.75) is 43.7 Å². The van der Waals surface area contributed by atoms with Gasteiger partial charge in [-0.25, -0.2) is 9.59 Å². The molecule has 0 spiro atoms. The van der Waals surface area contributed by atoms with Crippen molar-refractivity contribution in [1.82, 2.24) is 5.32 Å². The maximum absolute atomic E-state index is 12.0. The highest BCUT2D eigenvalue weighted by Gasteiger charge is 2.34. The molecule has 1 rings (SSSR count). The number of aliphatic hydroxyl groups is 3. The second-order valence-corrected chi connectivity index (χ2v) is 6.95. The molecule has 0 radical (unpaired) electrons. The van der Waals surface area contributed by atoms with Crippen LogP contribution in [-0.2, 0) is 14.3 Å². The summed E-state index contributed by atoms with van der Waals surface area (Å²) >= 11 is 0. The van der Waals surface area contributed by atoms with Crippen LogP contribution in [0.2, 0.25) is 0 Å². The zero-order valence-corrected chi connectivity index (χ0v) is 17.6. The Morgan fingerprint density at radius 2 is 2.16 bits per heavy atom. The van der Waals surface area contributed by atoms with Crippen LogP contribution in [0.15, 0.2) is 73.4 Å². The fraction of sp³-hybridized carbons (Fsp3) is 0.391. The molecule has 1 amide bonds. The number of amides is 1. The van der Waals surface area contributed by atoms with E-state index in [0.29, 0.717) is 6.42 Å². The molecule has 8 heteroatoms. The van der Waals surface area contributed by atoms with Gasteiger partial charge in [0, 0.05) is 25.5 Å². The van der Waals surface area contributed by atoms with Gasteiger partial charge in [0.2, 0.25) is 0 Å². The second-order valence-electron chi connectivity index (χ2n) is 6.95. The molecule has 0 aliphatic carbocycles. The van der Waals surface area contributed by atoms with Gasteiger partial charge in [0.1, 0.15) is 17.8 Å². The van der Waals surface area contributed by atoms with Crippen LogP contribution in [0.5, 0.6) is 0 Å². The van der Waals surface area contributed by atoms with Gasteiger partial charge in [-0.15, -0.1) is 6.58 Å². The van der Waals surface area contributed by atoms with Crippen LogP contribution >= 0.6 is 0 Å². The zero-order valence-electron chi connectivity index (χ0n) is 17.6. The lowest BCUT2D eigenvalue weighted by atomic mass is 9.92. The van der Waals surface area contributed by atoms with Crippen LogP contribution in [0.25, 0.3) is 0 Å². The van der Waals surface area contributed by atoms with E-state index in [1.807, 2.05) is 0 Å². The smallest absolute Gasteiger partial charge is 0.407 e. The summed E-state index contributed by atoms with van der Waals surface area (Å²) in [5.74, 6) is -0.473. The van der Waals surface area contributed by atoms with Crippen molar-refractivity contribution in [2.24, 2.45) is 0 Å². The molecular formula is C23H31NO7. The number of ether oxygens (including phenoxy) is 2. The molecule has 1 aliphatic rings. The van der Waals surface area contributed by atoms with Crippen LogP contribution in [0.3, 0.4) is 0 Å². The molecule has 170 valence electrons. The second kappa shape index (κ2) is 14.1. The number of carbonyl (C=O) groups excluding carboxylic acids is 2. The van der Waals surface area contributed by atoms with Crippen LogP contribution in [0, 0.1) is 0 Å². The Morgan fingerprint density at radius 1 is 1.42 bits per heavy atom. The maximum atomic E-state index is 12.0. The van der Waals surface area contributed by atoms with E-state index in [9.17, 15) is 19.8 Å². The minimum Gasteiger partial charge on any atom is -0.455 e. The van der Waals surface area contributed by atoms with Gasteiger partial charge in [-0.1, -0.05) is 54.7 Å². The molecule has 0 unspecified atom stereocenters. The van der Waals surface area contributed by atoms with Gasteiger partial charge in [0.15, 0.2) is 0 Å². The van der Waals surface area contributed by atoms with Gasteiger partial charge in [0.05, 0.1) is 12.7 Å². The maximum Gasteiger partial charge on any atom is 0.407 e. The fourth-order valence-electron chi connectivity index (χ4n) is 2.55. The summed E-state index contributed by atoms with van der Waals surface area (Å²) in [5, 5.41) is 32.3. The first-order valence-corrected chi connectivity index (χ1v) is 9.91. The monoisotopic (exact) mass is 433 g/mol. The molecule has 31 heavy (non-hydrogen) atoms. The molecule has 0 aromatic heterocycles. The first kappa shape index (κ1) is 26.1. The number of hydrogen-bond donors (Lipinski definition) is 4. The Hall–Kier alpha value is -2.94. The van der Waals surface area contributed by atoms with Gasteiger partial charge in [0.25, 0.3) is 0 Å². The van der Waals surface area contributed by atoms with Gasteiger partial charge in [-0.3, -0.25) is 0 Å². The standard InChI is InChI=1S/C23H31NO7/c1-3-15-24-22(28)31-20(17-18(26)10-7-5-4-6-8-16-25)23(2,29)14-13-19-11-9-12-21(27)30-19/h3-10,12-14,18-20,25-26,29H,1,11,15-17H2,2H3,(H,24,28)/b5-4+,8-6+,10-7+,14-13+/t18-,19+,20+,23+/m0/s1. The normalized spacial score (nSPS) is 20.8. The Bertz CT molecular complexity index is 734.